The van der Waals surface area contributed by atoms with Crippen LogP contribution in [0.25, 0.3) is 0 Å². The standard InChI is InChI=1S/C14H29NO2S/c1-3-12-7-8-14(11-15)13(10-12)6-5-9-18(16,17)4-2/h12-14H,3-11,15H2,1-2H3. The zero-order chi connectivity index (χ0) is 13.6. The van der Waals surface area contributed by atoms with E-state index in [1.165, 1.54) is 25.7 Å². The van der Waals surface area contributed by atoms with Crippen LogP contribution in [0.4, 0.5) is 0 Å². The van der Waals surface area contributed by atoms with Crippen molar-refractivity contribution in [2.75, 3.05) is 18.1 Å². The molecule has 0 aliphatic heterocycles. The first-order valence-corrected chi connectivity index (χ1v) is 9.25. The molecule has 3 atom stereocenters. The molecule has 0 heterocycles. The molecule has 1 saturated carbocycles. The number of hydrogen-bond donors (Lipinski definition) is 1. The minimum atomic E-state index is -2.79. The molecule has 0 bridgehead atoms. The van der Waals surface area contributed by atoms with Crippen molar-refractivity contribution in [3.63, 3.8) is 0 Å². The SMILES string of the molecule is CCC1CCC(CN)C(CCCS(=O)(=O)CC)C1. The summed E-state index contributed by atoms with van der Waals surface area (Å²) in [5.41, 5.74) is 5.85. The van der Waals surface area contributed by atoms with E-state index in [0.717, 1.165) is 25.3 Å². The average Bonchev–Trinajstić information content (AvgIpc) is 2.38. The molecule has 0 aromatic rings. The van der Waals surface area contributed by atoms with Crippen LogP contribution in [-0.4, -0.2) is 26.5 Å². The largest absolute Gasteiger partial charge is 0.330 e. The summed E-state index contributed by atoms with van der Waals surface area (Å²) in [6.45, 7) is 4.75. The molecule has 4 heteroatoms. The summed E-state index contributed by atoms with van der Waals surface area (Å²) in [7, 11) is -2.79. The third-order valence-corrected chi connectivity index (χ3v) is 6.39. The monoisotopic (exact) mass is 275 g/mol. The highest BCUT2D eigenvalue weighted by Gasteiger charge is 2.28. The molecule has 0 amide bonds. The topological polar surface area (TPSA) is 60.2 Å². The molecule has 1 aliphatic rings. The summed E-state index contributed by atoms with van der Waals surface area (Å²) in [6, 6.07) is 0. The van der Waals surface area contributed by atoms with Crippen LogP contribution < -0.4 is 5.73 Å². The fraction of sp³-hybridized carbons (Fsp3) is 1.00. The summed E-state index contributed by atoms with van der Waals surface area (Å²) in [5, 5.41) is 0. The van der Waals surface area contributed by atoms with Crippen LogP contribution in [0.3, 0.4) is 0 Å². The maximum absolute atomic E-state index is 11.5. The fourth-order valence-electron chi connectivity index (χ4n) is 3.17. The lowest BCUT2D eigenvalue weighted by atomic mass is 9.71. The first kappa shape index (κ1) is 16.0. The summed E-state index contributed by atoms with van der Waals surface area (Å²) in [5.74, 6) is 2.74. The van der Waals surface area contributed by atoms with Gasteiger partial charge in [0.2, 0.25) is 0 Å². The highest BCUT2D eigenvalue weighted by atomic mass is 32.2. The Kier molecular flexibility index (Phi) is 6.64. The van der Waals surface area contributed by atoms with E-state index in [1.807, 2.05) is 0 Å². The lowest BCUT2D eigenvalue weighted by Crippen LogP contribution is -2.30. The van der Waals surface area contributed by atoms with Gasteiger partial charge in [0.25, 0.3) is 0 Å². The Labute approximate surface area is 112 Å². The quantitative estimate of drug-likeness (QED) is 0.777. The number of hydrogen-bond acceptors (Lipinski definition) is 3. The van der Waals surface area contributed by atoms with Crippen molar-refractivity contribution in [1.82, 2.24) is 0 Å². The van der Waals surface area contributed by atoms with Crippen molar-refractivity contribution in [3.8, 4) is 0 Å². The maximum atomic E-state index is 11.5. The Bertz CT molecular complexity index is 327. The van der Waals surface area contributed by atoms with Crippen molar-refractivity contribution >= 4 is 9.84 Å². The third kappa shape index (κ3) is 4.88. The second-order valence-electron chi connectivity index (χ2n) is 5.72. The van der Waals surface area contributed by atoms with Gasteiger partial charge in [-0.05, 0) is 50.0 Å². The third-order valence-electron chi connectivity index (χ3n) is 4.60. The van der Waals surface area contributed by atoms with E-state index in [4.69, 9.17) is 5.73 Å². The lowest BCUT2D eigenvalue weighted by molar-refractivity contribution is 0.170. The fourth-order valence-corrected chi connectivity index (χ4v) is 4.06. The Morgan fingerprint density at radius 1 is 1.17 bits per heavy atom. The van der Waals surface area contributed by atoms with Crippen LogP contribution in [0.5, 0.6) is 0 Å². The molecule has 108 valence electrons. The van der Waals surface area contributed by atoms with Crippen molar-refractivity contribution < 1.29 is 8.42 Å². The van der Waals surface area contributed by atoms with Gasteiger partial charge < -0.3 is 5.73 Å². The summed E-state index contributed by atoms with van der Waals surface area (Å²) in [6.07, 6.45) is 6.90. The second kappa shape index (κ2) is 7.49. The Balaban J connectivity index is 2.42. The van der Waals surface area contributed by atoms with Crippen LogP contribution >= 0.6 is 0 Å². The number of nitrogens with two attached hydrogens (primary N) is 1. The van der Waals surface area contributed by atoms with Crippen molar-refractivity contribution in [3.05, 3.63) is 0 Å². The normalized spacial score (nSPS) is 29.4. The van der Waals surface area contributed by atoms with Crippen LogP contribution in [0.2, 0.25) is 0 Å². The van der Waals surface area contributed by atoms with Crippen LogP contribution in [0.1, 0.15) is 52.4 Å². The van der Waals surface area contributed by atoms with E-state index in [-0.39, 0.29) is 5.75 Å². The predicted octanol–water partition coefficient (Wildman–Crippen LogP) is 2.60. The van der Waals surface area contributed by atoms with Gasteiger partial charge in [0, 0.05) is 5.75 Å². The first-order valence-electron chi connectivity index (χ1n) is 7.42. The molecule has 0 radical (unpaired) electrons. The van der Waals surface area contributed by atoms with Crippen molar-refractivity contribution in [2.45, 2.75) is 52.4 Å². The zero-order valence-corrected chi connectivity index (χ0v) is 12.7. The van der Waals surface area contributed by atoms with Gasteiger partial charge in [0.05, 0.1) is 5.75 Å². The minimum Gasteiger partial charge on any atom is -0.330 e. The molecule has 0 aromatic carbocycles. The molecule has 18 heavy (non-hydrogen) atoms. The Morgan fingerprint density at radius 2 is 1.89 bits per heavy atom. The molecule has 0 saturated heterocycles. The first-order chi connectivity index (χ1) is 8.52. The summed E-state index contributed by atoms with van der Waals surface area (Å²) in [4.78, 5) is 0. The molecule has 1 aliphatic carbocycles. The van der Waals surface area contributed by atoms with Gasteiger partial charge in [-0.1, -0.05) is 26.7 Å². The molecular formula is C14H29NO2S. The van der Waals surface area contributed by atoms with E-state index in [0.29, 0.717) is 17.6 Å². The average molecular weight is 275 g/mol. The van der Waals surface area contributed by atoms with Gasteiger partial charge in [0.1, 0.15) is 9.84 Å². The molecule has 0 aromatic heterocycles. The Morgan fingerprint density at radius 3 is 2.44 bits per heavy atom. The van der Waals surface area contributed by atoms with Gasteiger partial charge >= 0.3 is 0 Å². The molecule has 1 fully saturated rings. The maximum Gasteiger partial charge on any atom is 0.150 e. The second-order valence-corrected chi connectivity index (χ2v) is 8.19. The molecule has 3 unspecified atom stereocenters. The lowest BCUT2D eigenvalue weighted by Gasteiger charge is -2.35. The van der Waals surface area contributed by atoms with Gasteiger partial charge in [-0.2, -0.15) is 0 Å². The van der Waals surface area contributed by atoms with Crippen LogP contribution in [-0.2, 0) is 9.84 Å². The molecule has 3 nitrogen and oxygen atoms in total. The van der Waals surface area contributed by atoms with E-state index < -0.39 is 9.84 Å². The highest BCUT2D eigenvalue weighted by Crippen LogP contribution is 2.37. The van der Waals surface area contributed by atoms with Gasteiger partial charge in [-0.3, -0.25) is 0 Å². The van der Waals surface area contributed by atoms with Crippen molar-refractivity contribution in [2.24, 2.45) is 23.5 Å². The zero-order valence-electron chi connectivity index (χ0n) is 11.9. The summed E-state index contributed by atoms with van der Waals surface area (Å²) < 4.78 is 23.0. The van der Waals surface area contributed by atoms with Crippen LogP contribution in [0, 0.1) is 17.8 Å². The van der Waals surface area contributed by atoms with E-state index >= 15 is 0 Å². The molecule has 2 N–H and O–H groups in total. The predicted molar refractivity (Wildman–Crippen MR) is 77.2 cm³/mol. The highest BCUT2D eigenvalue weighted by molar-refractivity contribution is 7.91. The van der Waals surface area contributed by atoms with E-state index in [1.54, 1.807) is 6.92 Å². The van der Waals surface area contributed by atoms with E-state index in [9.17, 15) is 8.42 Å². The smallest absolute Gasteiger partial charge is 0.150 e. The minimum absolute atomic E-state index is 0.273. The number of sulfone groups is 1. The van der Waals surface area contributed by atoms with Gasteiger partial charge in [0.15, 0.2) is 0 Å². The molecular weight excluding hydrogens is 246 g/mol. The van der Waals surface area contributed by atoms with Gasteiger partial charge in [-0.15, -0.1) is 0 Å². The van der Waals surface area contributed by atoms with Crippen molar-refractivity contribution in [1.29, 1.82) is 0 Å². The Hall–Kier alpha value is -0.0900. The molecule has 0 spiro atoms. The van der Waals surface area contributed by atoms with E-state index in [2.05, 4.69) is 6.92 Å². The summed E-state index contributed by atoms with van der Waals surface area (Å²) >= 11 is 0. The van der Waals surface area contributed by atoms with Crippen LogP contribution in [0.15, 0.2) is 0 Å². The molecule has 1 rings (SSSR count). The number of rotatable bonds is 7. The van der Waals surface area contributed by atoms with Gasteiger partial charge in [-0.25, -0.2) is 8.42 Å².